The van der Waals surface area contributed by atoms with Gasteiger partial charge in [0.2, 0.25) is 11.8 Å². The Balaban J connectivity index is 1.37. The standard InChI is InChI=1S/C22H24Cl2N4O3/c23-17-6-7-18(19(24)12-17)22(31)26-14-21(30)28-10-8-27(9-11-28)15-20(29)25-13-16-4-2-1-3-5-16/h1-7,12H,8-11,13-15H2,(H,25,29)(H,26,31). The van der Waals surface area contributed by atoms with E-state index in [-0.39, 0.29) is 28.9 Å². The summed E-state index contributed by atoms with van der Waals surface area (Å²) in [6.07, 6.45) is 0. The van der Waals surface area contributed by atoms with Crippen LogP contribution in [0.3, 0.4) is 0 Å². The number of hydrogen-bond acceptors (Lipinski definition) is 4. The number of carbonyl (C=O) groups is 3. The lowest BCUT2D eigenvalue weighted by molar-refractivity contribution is -0.132. The van der Waals surface area contributed by atoms with Crippen LogP contribution in [0, 0.1) is 0 Å². The van der Waals surface area contributed by atoms with Crippen molar-refractivity contribution in [3.8, 4) is 0 Å². The fourth-order valence-corrected chi connectivity index (χ4v) is 3.74. The van der Waals surface area contributed by atoms with Crippen molar-refractivity contribution in [3.05, 3.63) is 69.7 Å². The van der Waals surface area contributed by atoms with Gasteiger partial charge in [-0.05, 0) is 23.8 Å². The largest absolute Gasteiger partial charge is 0.351 e. The zero-order valence-electron chi connectivity index (χ0n) is 16.9. The molecule has 31 heavy (non-hydrogen) atoms. The molecule has 2 aromatic carbocycles. The lowest BCUT2D eigenvalue weighted by Gasteiger charge is -2.34. The van der Waals surface area contributed by atoms with E-state index in [1.165, 1.54) is 12.1 Å². The van der Waals surface area contributed by atoms with Gasteiger partial charge in [0, 0.05) is 37.7 Å². The molecule has 2 aromatic rings. The van der Waals surface area contributed by atoms with E-state index < -0.39 is 5.91 Å². The number of carbonyl (C=O) groups excluding carboxylic acids is 3. The summed E-state index contributed by atoms with van der Waals surface area (Å²) in [6, 6.07) is 14.3. The zero-order valence-corrected chi connectivity index (χ0v) is 18.5. The lowest BCUT2D eigenvalue weighted by atomic mass is 10.2. The van der Waals surface area contributed by atoms with Crippen molar-refractivity contribution in [3.63, 3.8) is 0 Å². The van der Waals surface area contributed by atoms with Gasteiger partial charge in [0.15, 0.2) is 0 Å². The number of halogens is 2. The molecule has 1 heterocycles. The second-order valence-electron chi connectivity index (χ2n) is 7.23. The molecule has 0 aromatic heterocycles. The van der Waals surface area contributed by atoms with Crippen molar-refractivity contribution in [2.45, 2.75) is 6.54 Å². The van der Waals surface area contributed by atoms with E-state index in [4.69, 9.17) is 23.2 Å². The number of amides is 3. The molecule has 1 aliphatic rings. The minimum Gasteiger partial charge on any atom is -0.351 e. The van der Waals surface area contributed by atoms with E-state index in [1.807, 2.05) is 35.2 Å². The second kappa shape index (κ2) is 11.1. The van der Waals surface area contributed by atoms with Gasteiger partial charge in [-0.2, -0.15) is 0 Å². The average Bonchev–Trinajstić information content (AvgIpc) is 2.77. The van der Waals surface area contributed by atoms with Crippen molar-refractivity contribution < 1.29 is 14.4 Å². The molecular weight excluding hydrogens is 439 g/mol. The first-order valence-electron chi connectivity index (χ1n) is 9.96. The van der Waals surface area contributed by atoms with Crippen LogP contribution in [0.25, 0.3) is 0 Å². The summed E-state index contributed by atoms with van der Waals surface area (Å²) in [5, 5.41) is 6.17. The zero-order chi connectivity index (χ0) is 22.2. The summed E-state index contributed by atoms with van der Waals surface area (Å²) in [6.45, 7) is 2.87. The third kappa shape index (κ3) is 6.95. The highest BCUT2D eigenvalue weighted by molar-refractivity contribution is 6.36. The maximum absolute atomic E-state index is 12.4. The van der Waals surface area contributed by atoms with Crippen molar-refractivity contribution in [2.75, 3.05) is 39.3 Å². The quantitative estimate of drug-likeness (QED) is 0.660. The molecule has 0 bridgehead atoms. The molecule has 3 rings (SSSR count). The molecule has 0 saturated carbocycles. The van der Waals surface area contributed by atoms with Crippen LogP contribution in [0.4, 0.5) is 0 Å². The molecule has 1 saturated heterocycles. The molecule has 0 atom stereocenters. The first-order chi connectivity index (χ1) is 14.9. The van der Waals surface area contributed by atoms with Crippen molar-refractivity contribution >= 4 is 40.9 Å². The SMILES string of the molecule is O=C(CN1CCN(C(=O)CNC(=O)c2ccc(Cl)cc2Cl)CC1)NCc1ccccc1. The van der Waals surface area contributed by atoms with Gasteiger partial charge in [-0.25, -0.2) is 0 Å². The van der Waals surface area contributed by atoms with Gasteiger partial charge in [-0.15, -0.1) is 0 Å². The number of piperazine rings is 1. The minimum atomic E-state index is -0.427. The summed E-state index contributed by atoms with van der Waals surface area (Å²) in [4.78, 5) is 40.5. The molecule has 1 aliphatic heterocycles. The molecule has 2 N–H and O–H groups in total. The predicted molar refractivity (Wildman–Crippen MR) is 120 cm³/mol. The van der Waals surface area contributed by atoms with E-state index in [0.717, 1.165) is 5.56 Å². The number of nitrogens with zero attached hydrogens (tertiary/aromatic N) is 2. The van der Waals surface area contributed by atoms with Gasteiger partial charge in [0.1, 0.15) is 0 Å². The second-order valence-corrected chi connectivity index (χ2v) is 8.07. The maximum atomic E-state index is 12.4. The molecule has 9 heteroatoms. The molecule has 7 nitrogen and oxygen atoms in total. The summed E-state index contributed by atoms with van der Waals surface area (Å²) >= 11 is 11.9. The number of hydrogen-bond donors (Lipinski definition) is 2. The highest BCUT2D eigenvalue weighted by atomic mass is 35.5. The highest BCUT2D eigenvalue weighted by Crippen LogP contribution is 2.20. The van der Waals surface area contributed by atoms with Crippen molar-refractivity contribution in [1.29, 1.82) is 0 Å². The fourth-order valence-electron chi connectivity index (χ4n) is 3.25. The molecule has 1 fully saturated rings. The van der Waals surface area contributed by atoms with Crippen LogP contribution in [0.15, 0.2) is 48.5 Å². The van der Waals surface area contributed by atoms with E-state index in [9.17, 15) is 14.4 Å². The van der Waals surface area contributed by atoms with Crippen LogP contribution >= 0.6 is 23.2 Å². The summed E-state index contributed by atoms with van der Waals surface area (Å²) in [7, 11) is 0. The molecule has 0 spiro atoms. The Morgan fingerprint density at radius 1 is 0.903 bits per heavy atom. The minimum absolute atomic E-state index is 0.0456. The Morgan fingerprint density at radius 3 is 2.29 bits per heavy atom. The van der Waals surface area contributed by atoms with E-state index in [0.29, 0.717) is 44.3 Å². The van der Waals surface area contributed by atoms with Crippen LogP contribution in [0.5, 0.6) is 0 Å². The van der Waals surface area contributed by atoms with Crippen LogP contribution in [-0.2, 0) is 16.1 Å². The molecule has 0 unspecified atom stereocenters. The van der Waals surface area contributed by atoms with Crippen LogP contribution in [-0.4, -0.2) is 66.8 Å². The van der Waals surface area contributed by atoms with Gasteiger partial charge >= 0.3 is 0 Å². The van der Waals surface area contributed by atoms with Gasteiger partial charge in [-0.1, -0.05) is 53.5 Å². The van der Waals surface area contributed by atoms with Crippen molar-refractivity contribution in [1.82, 2.24) is 20.4 Å². The first-order valence-corrected chi connectivity index (χ1v) is 10.7. The monoisotopic (exact) mass is 462 g/mol. The van der Waals surface area contributed by atoms with Crippen LogP contribution in [0.1, 0.15) is 15.9 Å². The van der Waals surface area contributed by atoms with Crippen LogP contribution in [0.2, 0.25) is 10.0 Å². The summed E-state index contributed by atoms with van der Waals surface area (Å²) in [5.41, 5.74) is 1.32. The third-order valence-electron chi connectivity index (χ3n) is 5.00. The summed E-state index contributed by atoms with van der Waals surface area (Å²) < 4.78 is 0. The molecule has 164 valence electrons. The van der Waals surface area contributed by atoms with E-state index in [2.05, 4.69) is 10.6 Å². The number of nitrogens with one attached hydrogen (secondary N) is 2. The Labute approximate surface area is 191 Å². The number of rotatable bonds is 7. The van der Waals surface area contributed by atoms with Crippen LogP contribution < -0.4 is 10.6 Å². The highest BCUT2D eigenvalue weighted by Gasteiger charge is 2.23. The normalized spacial score (nSPS) is 14.2. The average molecular weight is 463 g/mol. The van der Waals surface area contributed by atoms with Gasteiger partial charge in [-0.3, -0.25) is 19.3 Å². The van der Waals surface area contributed by atoms with E-state index in [1.54, 1.807) is 11.0 Å². The third-order valence-corrected chi connectivity index (χ3v) is 5.55. The molecule has 0 radical (unpaired) electrons. The van der Waals surface area contributed by atoms with Gasteiger partial charge < -0.3 is 15.5 Å². The van der Waals surface area contributed by atoms with E-state index >= 15 is 0 Å². The molecular formula is C22H24Cl2N4O3. The molecule has 0 aliphatic carbocycles. The Bertz CT molecular complexity index is 932. The van der Waals surface area contributed by atoms with Gasteiger partial charge in [0.25, 0.3) is 5.91 Å². The fraction of sp³-hybridized carbons (Fsp3) is 0.318. The molecule has 3 amide bonds. The number of benzene rings is 2. The topological polar surface area (TPSA) is 81.8 Å². The first kappa shape index (κ1) is 23.1. The lowest BCUT2D eigenvalue weighted by Crippen LogP contribution is -2.52. The van der Waals surface area contributed by atoms with Gasteiger partial charge in [0.05, 0.1) is 23.7 Å². The Morgan fingerprint density at radius 2 is 1.61 bits per heavy atom. The predicted octanol–water partition coefficient (Wildman–Crippen LogP) is 2.18. The Kier molecular flexibility index (Phi) is 8.28. The maximum Gasteiger partial charge on any atom is 0.253 e. The smallest absolute Gasteiger partial charge is 0.253 e. The summed E-state index contributed by atoms with van der Waals surface area (Å²) in [5.74, 6) is -0.647. The van der Waals surface area contributed by atoms with Crippen molar-refractivity contribution in [2.24, 2.45) is 0 Å². The Hall–Kier alpha value is -2.61.